The van der Waals surface area contributed by atoms with Gasteiger partial charge < -0.3 is 14.6 Å². The zero-order valence-electron chi connectivity index (χ0n) is 18.6. The summed E-state index contributed by atoms with van der Waals surface area (Å²) in [6.45, 7) is 6.69. The lowest BCUT2D eigenvalue weighted by Crippen LogP contribution is -2.38. The first-order chi connectivity index (χ1) is 16.1. The van der Waals surface area contributed by atoms with Crippen molar-refractivity contribution in [3.05, 3.63) is 66.0 Å². The van der Waals surface area contributed by atoms with Gasteiger partial charge in [0.2, 0.25) is 5.91 Å². The number of halogens is 1. The highest BCUT2D eigenvalue weighted by atomic mass is 32.2. The maximum atomic E-state index is 13.4. The van der Waals surface area contributed by atoms with Crippen LogP contribution in [0.2, 0.25) is 0 Å². The van der Waals surface area contributed by atoms with Crippen molar-refractivity contribution in [2.24, 2.45) is 0 Å². The molecule has 1 amide bonds. The quantitative estimate of drug-likeness (QED) is 0.485. The number of benzene rings is 2. The first kappa shape index (κ1) is 23.4. The van der Waals surface area contributed by atoms with Gasteiger partial charge in [0.05, 0.1) is 25.0 Å². The van der Waals surface area contributed by atoms with Crippen molar-refractivity contribution in [1.82, 2.24) is 25.0 Å². The average Bonchev–Trinajstić information content (AvgIpc) is 3.26. The Hall–Kier alpha value is -2.75. The van der Waals surface area contributed by atoms with Crippen molar-refractivity contribution in [2.75, 3.05) is 38.6 Å². The van der Waals surface area contributed by atoms with E-state index < -0.39 is 0 Å². The van der Waals surface area contributed by atoms with Gasteiger partial charge in [-0.2, -0.15) is 0 Å². The molecule has 7 nitrogen and oxygen atoms in total. The molecule has 1 unspecified atom stereocenters. The fraction of sp³-hybridized carbons (Fsp3) is 0.375. The zero-order valence-corrected chi connectivity index (χ0v) is 19.4. The van der Waals surface area contributed by atoms with Crippen LogP contribution in [0.15, 0.2) is 59.8 Å². The third-order valence-corrected chi connectivity index (χ3v) is 6.54. The summed E-state index contributed by atoms with van der Waals surface area (Å²) in [6, 6.07) is 16.0. The van der Waals surface area contributed by atoms with Gasteiger partial charge in [-0.25, -0.2) is 4.39 Å². The molecule has 0 radical (unpaired) electrons. The van der Waals surface area contributed by atoms with Crippen molar-refractivity contribution >= 4 is 17.7 Å². The number of carbonyl (C=O) groups is 1. The van der Waals surface area contributed by atoms with E-state index in [1.165, 1.54) is 23.9 Å². The number of amides is 1. The Kier molecular flexibility index (Phi) is 8.09. The lowest BCUT2D eigenvalue weighted by Gasteiger charge is -2.27. The molecular formula is C24H28FN5O2S. The molecule has 1 fully saturated rings. The number of nitrogens with one attached hydrogen (secondary N) is 1. The topological polar surface area (TPSA) is 72.3 Å². The van der Waals surface area contributed by atoms with E-state index in [9.17, 15) is 9.18 Å². The second-order valence-electron chi connectivity index (χ2n) is 7.91. The normalized spacial score (nSPS) is 15.3. The van der Waals surface area contributed by atoms with Gasteiger partial charge in [-0.1, -0.05) is 42.1 Å². The Morgan fingerprint density at radius 2 is 1.82 bits per heavy atom. The molecule has 0 aliphatic carbocycles. The van der Waals surface area contributed by atoms with Gasteiger partial charge >= 0.3 is 0 Å². The summed E-state index contributed by atoms with van der Waals surface area (Å²) < 4.78 is 20.9. The number of carbonyl (C=O) groups excluding carboxylic acids is 1. The summed E-state index contributed by atoms with van der Waals surface area (Å²) in [7, 11) is 0. The van der Waals surface area contributed by atoms with Crippen molar-refractivity contribution in [2.45, 2.75) is 24.7 Å². The second kappa shape index (κ2) is 11.4. The molecule has 1 aliphatic rings. The number of ether oxygens (including phenoxy) is 1. The van der Waals surface area contributed by atoms with Crippen LogP contribution in [0.5, 0.6) is 0 Å². The Balaban J connectivity index is 1.44. The average molecular weight is 470 g/mol. The summed E-state index contributed by atoms with van der Waals surface area (Å²) in [6.07, 6.45) is 0. The number of hydrogen-bond acceptors (Lipinski definition) is 6. The monoisotopic (exact) mass is 469 g/mol. The molecular weight excluding hydrogens is 441 g/mol. The molecule has 3 aromatic rings. The fourth-order valence-corrected chi connectivity index (χ4v) is 4.49. The largest absolute Gasteiger partial charge is 0.379 e. The predicted molar refractivity (Wildman–Crippen MR) is 126 cm³/mol. The number of hydrogen-bond donors (Lipinski definition) is 1. The van der Waals surface area contributed by atoms with Gasteiger partial charge in [-0.05, 0) is 36.8 Å². The van der Waals surface area contributed by atoms with Crippen LogP contribution in [0.25, 0.3) is 11.4 Å². The van der Waals surface area contributed by atoms with Crippen LogP contribution in [0.3, 0.4) is 0 Å². The number of morpholine rings is 1. The van der Waals surface area contributed by atoms with Crippen molar-refractivity contribution in [3.63, 3.8) is 0 Å². The molecule has 1 aromatic heterocycles. The van der Waals surface area contributed by atoms with Crippen LogP contribution in [0.1, 0.15) is 18.5 Å². The molecule has 2 heterocycles. The maximum absolute atomic E-state index is 13.4. The molecule has 0 spiro atoms. The van der Waals surface area contributed by atoms with Crippen LogP contribution in [-0.2, 0) is 16.1 Å². The van der Waals surface area contributed by atoms with Crippen molar-refractivity contribution in [1.29, 1.82) is 0 Å². The molecule has 9 heteroatoms. The number of nitrogens with zero attached hydrogens (tertiary/aromatic N) is 4. The SMILES string of the molecule is CC(NC(=O)CSc1nnc(-c2ccc(F)cc2)n1CCN1CCOCC1)c1ccccc1. The van der Waals surface area contributed by atoms with Crippen molar-refractivity contribution in [3.8, 4) is 11.4 Å². The molecule has 1 aliphatic heterocycles. The molecule has 1 saturated heterocycles. The van der Waals surface area contributed by atoms with Crippen molar-refractivity contribution < 1.29 is 13.9 Å². The van der Waals surface area contributed by atoms with Crippen LogP contribution in [0.4, 0.5) is 4.39 Å². The Bertz CT molecular complexity index is 1040. The third-order valence-electron chi connectivity index (χ3n) is 5.57. The summed E-state index contributed by atoms with van der Waals surface area (Å²) in [5.41, 5.74) is 1.85. The van der Waals surface area contributed by atoms with E-state index in [0.717, 1.165) is 44.0 Å². The lowest BCUT2D eigenvalue weighted by molar-refractivity contribution is -0.119. The predicted octanol–water partition coefficient (Wildman–Crippen LogP) is 3.39. The summed E-state index contributed by atoms with van der Waals surface area (Å²) in [5.74, 6) is 0.541. The minimum absolute atomic E-state index is 0.0672. The number of rotatable bonds is 9. The van der Waals surface area contributed by atoms with Crippen LogP contribution in [-0.4, -0.2) is 64.2 Å². The van der Waals surface area contributed by atoms with Gasteiger partial charge in [0.1, 0.15) is 5.82 Å². The molecule has 4 rings (SSSR count). The molecule has 174 valence electrons. The molecule has 33 heavy (non-hydrogen) atoms. The Morgan fingerprint density at radius 3 is 2.55 bits per heavy atom. The summed E-state index contributed by atoms with van der Waals surface area (Å²) >= 11 is 1.36. The molecule has 0 bridgehead atoms. The van der Waals surface area contributed by atoms with Crippen LogP contribution < -0.4 is 5.32 Å². The van der Waals surface area contributed by atoms with Crippen LogP contribution >= 0.6 is 11.8 Å². The van der Waals surface area contributed by atoms with E-state index in [4.69, 9.17) is 4.74 Å². The molecule has 0 saturated carbocycles. The van der Waals surface area contributed by atoms with E-state index >= 15 is 0 Å². The smallest absolute Gasteiger partial charge is 0.230 e. The van der Waals surface area contributed by atoms with E-state index in [0.29, 0.717) is 17.5 Å². The Labute approximate surface area is 197 Å². The zero-order chi connectivity index (χ0) is 23.0. The fourth-order valence-electron chi connectivity index (χ4n) is 3.71. The van der Waals surface area contributed by atoms with E-state index in [1.807, 2.05) is 41.8 Å². The highest BCUT2D eigenvalue weighted by Crippen LogP contribution is 2.24. The maximum Gasteiger partial charge on any atom is 0.230 e. The van der Waals surface area contributed by atoms with Gasteiger partial charge in [0, 0.05) is 31.7 Å². The van der Waals surface area contributed by atoms with E-state index in [-0.39, 0.29) is 23.5 Å². The first-order valence-corrected chi connectivity index (χ1v) is 12.0. The van der Waals surface area contributed by atoms with E-state index in [1.54, 1.807) is 12.1 Å². The lowest BCUT2D eigenvalue weighted by atomic mass is 10.1. The number of aromatic nitrogens is 3. The number of thioether (sulfide) groups is 1. The van der Waals surface area contributed by atoms with E-state index in [2.05, 4.69) is 20.4 Å². The van der Waals surface area contributed by atoms with Gasteiger partial charge in [-0.3, -0.25) is 9.69 Å². The first-order valence-electron chi connectivity index (χ1n) is 11.1. The minimum Gasteiger partial charge on any atom is -0.379 e. The summed E-state index contributed by atoms with van der Waals surface area (Å²) in [5, 5.41) is 12.4. The molecule has 2 aromatic carbocycles. The van der Waals surface area contributed by atoms with Gasteiger partial charge in [-0.15, -0.1) is 10.2 Å². The second-order valence-corrected chi connectivity index (χ2v) is 8.85. The highest BCUT2D eigenvalue weighted by Gasteiger charge is 2.18. The standard InChI is InChI=1S/C24H28FN5O2S/c1-18(19-5-3-2-4-6-19)26-22(31)17-33-24-28-27-23(20-7-9-21(25)10-8-20)30(24)12-11-29-13-15-32-16-14-29/h2-10,18H,11-17H2,1H3,(H,26,31). The third kappa shape index (κ3) is 6.40. The molecule has 1 atom stereocenters. The van der Waals surface area contributed by atoms with Gasteiger partial charge in [0.25, 0.3) is 0 Å². The summed E-state index contributed by atoms with van der Waals surface area (Å²) in [4.78, 5) is 14.9. The molecule has 1 N–H and O–H groups in total. The Morgan fingerprint density at radius 1 is 1.09 bits per heavy atom. The minimum atomic E-state index is -0.295. The highest BCUT2D eigenvalue weighted by molar-refractivity contribution is 7.99. The van der Waals surface area contributed by atoms with Gasteiger partial charge in [0.15, 0.2) is 11.0 Å². The van der Waals surface area contributed by atoms with Crippen LogP contribution in [0, 0.1) is 5.82 Å².